The Morgan fingerprint density at radius 2 is 2.19 bits per heavy atom. The summed E-state index contributed by atoms with van der Waals surface area (Å²) in [5, 5.41) is 2.88. The van der Waals surface area contributed by atoms with Crippen LogP contribution >= 0.6 is 0 Å². The summed E-state index contributed by atoms with van der Waals surface area (Å²) in [5.74, 6) is 6.13. The fraction of sp³-hybridized carbons (Fsp3) is 0.250. The molecule has 0 aliphatic carbocycles. The first-order valence-corrected chi connectivity index (χ1v) is 6.50. The van der Waals surface area contributed by atoms with Gasteiger partial charge >= 0.3 is 0 Å². The molecule has 1 heterocycles. The van der Waals surface area contributed by atoms with Crippen molar-refractivity contribution in [3.63, 3.8) is 0 Å². The van der Waals surface area contributed by atoms with Gasteiger partial charge in [-0.25, -0.2) is 4.98 Å². The first kappa shape index (κ1) is 14.7. The van der Waals surface area contributed by atoms with E-state index in [1.54, 1.807) is 20.2 Å². The van der Waals surface area contributed by atoms with Gasteiger partial charge in [0.15, 0.2) is 0 Å². The predicted molar refractivity (Wildman–Crippen MR) is 79.6 cm³/mol. The number of imidazole rings is 1. The number of para-hydroxylation sites is 1. The van der Waals surface area contributed by atoms with E-state index >= 15 is 0 Å². The molecule has 1 atom stereocenters. The summed E-state index contributed by atoms with van der Waals surface area (Å²) in [5.41, 5.74) is 0.834. The van der Waals surface area contributed by atoms with E-state index in [1.165, 1.54) is 0 Å². The number of ether oxygens (including phenoxy) is 1. The lowest BCUT2D eigenvalue weighted by Crippen LogP contribution is -2.30. The number of nitrogens with one attached hydrogen (secondary N) is 1. The molecule has 2 aromatic rings. The molecule has 0 bridgehead atoms. The van der Waals surface area contributed by atoms with Crippen molar-refractivity contribution >= 4 is 5.91 Å². The summed E-state index contributed by atoms with van der Waals surface area (Å²) >= 11 is 0. The number of hydrogen-bond donors (Lipinski definition) is 1. The first-order valence-electron chi connectivity index (χ1n) is 6.50. The van der Waals surface area contributed by atoms with E-state index < -0.39 is 6.04 Å². The number of benzene rings is 1. The topological polar surface area (TPSA) is 56.1 Å². The van der Waals surface area contributed by atoms with Gasteiger partial charge in [-0.1, -0.05) is 24.1 Å². The van der Waals surface area contributed by atoms with Crippen LogP contribution in [0.1, 0.15) is 24.4 Å². The van der Waals surface area contributed by atoms with Crippen LogP contribution in [0.25, 0.3) is 0 Å². The number of amides is 1. The molecule has 1 N–H and O–H groups in total. The fourth-order valence-electron chi connectivity index (χ4n) is 2.12. The van der Waals surface area contributed by atoms with Crippen LogP contribution in [0, 0.1) is 11.8 Å². The lowest BCUT2D eigenvalue weighted by atomic mass is 10.0. The summed E-state index contributed by atoms with van der Waals surface area (Å²) in [6.45, 7) is 1.62. The van der Waals surface area contributed by atoms with Crippen molar-refractivity contribution in [2.45, 2.75) is 13.0 Å². The lowest BCUT2D eigenvalue weighted by Gasteiger charge is -2.20. The molecule has 0 saturated carbocycles. The minimum Gasteiger partial charge on any atom is -0.496 e. The molecule has 0 fully saturated rings. The van der Waals surface area contributed by atoms with Gasteiger partial charge in [0, 0.05) is 25.0 Å². The van der Waals surface area contributed by atoms with Crippen LogP contribution < -0.4 is 10.1 Å². The second-order valence-electron chi connectivity index (χ2n) is 4.42. The van der Waals surface area contributed by atoms with Gasteiger partial charge in [0.1, 0.15) is 17.6 Å². The molecule has 1 amide bonds. The van der Waals surface area contributed by atoms with Crippen LogP contribution in [-0.2, 0) is 11.8 Å². The predicted octanol–water partition coefficient (Wildman–Crippen LogP) is 1.66. The summed E-state index contributed by atoms with van der Waals surface area (Å²) in [7, 11) is 3.48. The average Bonchev–Trinajstić information content (AvgIpc) is 2.91. The van der Waals surface area contributed by atoms with E-state index in [1.807, 2.05) is 42.1 Å². The van der Waals surface area contributed by atoms with Gasteiger partial charge in [0.25, 0.3) is 5.91 Å². The normalized spacial score (nSPS) is 11.2. The molecule has 0 saturated heterocycles. The molecule has 1 aromatic carbocycles. The van der Waals surface area contributed by atoms with Crippen LogP contribution in [0.5, 0.6) is 5.75 Å². The van der Waals surface area contributed by atoms with Crippen molar-refractivity contribution in [2.24, 2.45) is 7.05 Å². The van der Waals surface area contributed by atoms with Crippen LogP contribution in [0.4, 0.5) is 0 Å². The Morgan fingerprint density at radius 1 is 1.43 bits per heavy atom. The number of aryl methyl sites for hydroxylation is 1. The summed E-state index contributed by atoms with van der Waals surface area (Å²) in [6.07, 6.45) is 3.52. The van der Waals surface area contributed by atoms with E-state index in [-0.39, 0.29) is 5.91 Å². The van der Waals surface area contributed by atoms with Crippen LogP contribution in [0.3, 0.4) is 0 Å². The van der Waals surface area contributed by atoms with Crippen molar-refractivity contribution in [1.29, 1.82) is 0 Å². The molecule has 5 nitrogen and oxygen atoms in total. The largest absolute Gasteiger partial charge is 0.496 e. The van der Waals surface area contributed by atoms with E-state index in [9.17, 15) is 4.79 Å². The number of nitrogens with zero attached hydrogens (tertiary/aromatic N) is 2. The highest BCUT2D eigenvalue weighted by Crippen LogP contribution is 2.28. The zero-order chi connectivity index (χ0) is 15.2. The molecule has 0 radical (unpaired) electrons. The Labute approximate surface area is 124 Å². The zero-order valence-corrected chi connectivity index (χ0v) is 12.3. The van der Waals surface area contributed by atoms with Gasteiger partial charge < -0.3 is 14.6 Å². The van der Waals surface area contributed by atoms with E-state index in [0.29, 0.717) is 11.6 Å². The number of rotatable bonds is 4. The third-order valence-corrected chi connectivity index (χ3v) is 3.08. The van der Waals surface area contributed by atoms with Crippen molar-refractivity contribution in [3.8, 4) is 17.6 Å². The number of methoxy groups -OCH3 is 1. The summed E-state index contributed by atoms with van der Waals surface area (Å²) in [6, 6.07) is 7.10. The van der Waals surface area contributed by atoms with Gasteiger partial charge in [0.2, 0.25) is 0 Å². The molecule has 108 valence electrons. The summed E-state index contributed by atoms with van der Waals surface area (Å²) < 4.78 is 7.24. The molecule has 5 heteroatoms. The number of carbonyl (C=O) groups is 1. The van der Waals surface area contributed by atoms with Crippen LogP contribution in [-0.4, -0.2) is 22.6 Å². The minimum atomic E-state index is -0.422. The molecular weight excluding hydrogens is 266 g/mol. The van der Waals surface area contributed by atoms with Crippen molar-refractivity contribution in [1.82, 2.24) is 14.9 Å². The van der Waals surface area contributed by atoms with E-state index in [0.717, 1.165) is 5.56 Å². The summed E-state index contributed by atoms with van der Waals surface area (Å²) in [4.78, 5) is 16.2. The second kappa shape index (κ2) is 6.62. The molecule has 0 aliphatic rings. The maximum atomic E-state index is 11.9. The number of hydrogen-bond acceptors (Lipinski definition) is 3. The number of aromatic nitrogens is 2. The number of carbonyl (C=O) groups excluding carboxylic acids is 1. The van der Waals surface area contributed by atoms with E-state index in [4.69, 9.17) is 4.74 Å². The first-order chi connectivity index (χ1) is 10.2. The third-order valence-electron chi connectivity index (χ3n) is 3.08. The average molecular weight is 283 g/mol. The standard InChI is InChI=1S/C16H17N3O2/c1-4-7-14(20)18-15(16-17-10-11-19(16)2)12-8-5-6-9-13(12)21-3/h5-6,8-11,15H,1-3H3,(H,18,20). The van der Waals surface area contributed by atoms with Gasteiger partial charge in [-0.05, 0) is 18.9 Å². The second-order valence-corrected chi connectivity index (χ2v) is 4.42. The quantitative estimate of drug-likeness (QED) is 0.868. The molecule has 2 rings (SSSR count). The monoisotopic (exact) mass is 283 g/mol. The highest BCUT2D eigenvalue weighted by molar-refractivity contribution is 5.93. The molecule has 21 heavy (non-hydrogen) atoms. The van der Waals surface area contributed by atoms with Crippen molar-refractivity contribution in [2.75, 3.05) is 7.11 Å². The maximum Gasteiger partial charge on any atom is 0.296 e. The minimum absolute atomic E-state index is 0.351. The smallest absolute Gasteiger partial charge is 0.296 e. The van der Waals surface area contributed by atoms with Crippen molar-refractivity contribution in [3.05, 3.63) is 48.0 Å². The lowest BCUT2D eigenvalue weighted by molar-refractivity contribution is -0.116. The van der Waals surface area contributed by atoms with Gasteiger partial charge in [-0.2, -0.15) is 0 Å². The fourth-order valence-corrected chi connectivity index (χ4v) is 2.12. The Morgan fingerprint density at radius 3 is 2.81 bits per heavy atom. The zero-order valence-electron chi connectivity index (χ0n) is 12.3. The third kappa shape index (κ3) is 3.23. The SMILES string of the molecule is CC#CC(=O)NC(c1ccccc1OC)c1nccn1C. The highest BCUT2D eigenvalue weighted by atomic mass is 16.5. The Hall–Kier alpha value is -2.74. The van der Waals surface area contributed by atoms with Crippen LogP contribution in [0.2, 0.25) is 0 Å². The maximum absolute atomic E-state index is 11.9. The Balaban J connectivity index is 2.47. The van der Waals surface area contributed by atoms with Gasteiger partial charge in [0.05, 0.1) is 7.11 Å². The Kier molecular flexibility index (Phi) is 4.62. The van der Waals surface area contributed by atoms with Crippen LogP contribution in [0.15, 0.2) is 36.7 Å². The molecule has 1 aromatic heterocycles. The van der Waals surface area contributed by atoms with Gasteiger partial charge in [-0.15, -0.1) is 0 Å². The molecule has 0 spiro atoms. The molecule has 1 unspecified atom stereocenters. The van der Waals surface area contributed by atoms with E-state index in [2.05, 4.69) is 22.1 Å². The van der Waals surface area contributed by atoms with Crippen molar-refractivity contribution < 1.29 is 9.53 Å². The highest BCUT2D eigenvalue weighted by Gasteiger charge is 2.23. The van der Waals surface area contributed by atoms with Gasteiger partial charge in [-0.3, -0.25) is 4.79 Å². The Bertz CT molecular complexity index is 695. The molecule has 0 aliphatic heterocycles. The molecular formula is C16H17N3O2.